The molecule has 0 radical (unpaired) electrons. The Morgan fingerprint density at radius 2 is 2.22 bits per heavy atom. The van der Waals surface area contributed by atoms with E-state index in [0.717, 1.165) is 25.1 Å². The first-order chi connectivity index (χ1) is 11.0. The van der Waals surface area contributed by atoms with E-state index >= 15 is 0 Å². The number of rotatable bonds is 8. The zero-order valence-corrected chi connectivity index (χ0v) is 13.8. The predicted molar refractivity (Wildman–Crippen MR) is 87.8 cm³/mol. The lowest BCUT2D eigenvalue weighted by Crippen LogP contribution is -2.43. The predicted octanol–water partition coefficient (Wildman–Crippen LogP) is 0.689. The molecule has 2 atom stereocenters. The summed E-state index contributed by atoms with van der Waals surface area (Å²) >= 11 is 0. The standard InChI is InChI=1S/C17H26N2O4/c1-18(12-17(21)22)15-10-19(11-16(15)20)8-4-6-13-5-3-7-14(9-13)23-2/h3,5,7,9,15-16,20H,4,6,8,10-12H2,1-2H3,(H,21,22)/t15?,16-/m1/s1. The molecule has 0 aliphatic carbocycles. The number of aliphatic hydroxyl groups excluding tert-OH is 1. The minimum atomic E-state index is -0.865. The van der Waals surface area contributed by atoms with Gasteiger partial charge in [-0.1, -0.05) is 12.1 Å². The normalized spacial score (nSPS) is 21.7. The molecule has 1 aliphatic heterocycles. The number of carboxylic acids is 1. The molecule has 0 amide bonds. The molecular weight excluding hydrogens is 296 g/mol. The van der Waals surface area contributed by atoms with Gasteiger partial charge in [0.25, 0.3) is 0 Å². The SMILES string of the molecule is COc1cccc(CCCN2CC(N(C)CC(=O)O)[C@H](O)C2)c1. The summed E-state index contributed by atoms with van der Waals surface area (Å²) in [5, 5.41) is 19.0. The van der Waals surface area contributed by atoms with Gasteiger partial charge in [0.2, 0.25) is 0 Å². The molecule has 6 heteroatoms. The largest absolute Gasteiger partial charge is 0.497 e. The van der Waals surface area contributed by atoms with Gasteiger partial charge in [-0.15, -0.1) is 0 Å². The molecule has 0 aromatic heterocycles. The van der Waals surface area contributed by atoms with E-state index in [0.29, 0.717) is 13.1 Å². The van der Waals surface area contributed by atoms with E-state index in [9.17, 15) is 9.90 Å². The number of likely N-dealkylation sites (tertiary alicyclic amines) is 1. The number of aryl methyl sites for hydroxylation is 1. The maximum atomic E-state index is 10.8. The number of hydrogen-bond acceptors (Lipinski definition) is 5. The smallest absolute Gasteiger partial charge is 0.317 e. The van der Waals surface area contributed by atoms with Crippen molar-refractivity contribution in [3.05, 3.63) is 29.8 Å². The summed E-state index contributed by atoms with van der Waals surface area (Å²) in [6.45, 7) is 2.17. The fourth-order valence-corrected chi connectivity index (χ4v) is 3.13. The summed E-state index contributed by atoms with van der Waals surface area (Å²) in [5.41, 5.74) is 1.24. The molecule has 0 bridgehead atoms. The van der Waals surface area contributed by atoms with Crippen LogP contribution in [0.2, 0.25) is 0 Å². The van der Waals surface area contributed by atoms with Crippen LogP contribution < -0.4 is 4.74 Å². The second-order valence-electron chi connectivity index (χ2n) is 6.16. The van der Waals surface area contributed by atoms with E-state index in [-0.39, 0.29) is 12.6 Å². The minimum absolute atomic E-state index is 0.0423. The average Bonchev–Trinajstić information content (AvgIpc) is 2.88. The van der Waals surface area contributed by atoms with Crippen LogP contribution in [-0.4, -0.2) is 78.5 Å². The maximum absolute atomic E-state index is 10.8. The fourth-order valence-electron chi connectivity index (χ4n) is 3.13. The monoisotopic (exact) mass is 322 g/mol. The molecule has 1 saturated heterocycles. The van der Waals surface area contributed by atoms with E-state index in [1.165, 1.54) is 5.56 Å². The van der Waals surface area contributed by atoms with Gasteiger partial charge in [-0.2, -0.15) is 0 Å². The zero-order valence-electron chi connectivity index (χ0n) is 13.8. The van der Waals surface area contributed by atoms with Crippen LogP contribution in [0.15, 0.2) is 24.3 Å². The minimum Gasteiger partial charge on any atom is -0.497 e. The van der Waals surface area contributed by atoms with Gasteiger partial charge in [-0.25, -0.2) is 0 Å². The van der Waals surface area contributed by atoms with Crippen molar-refractivity contribution in [3.63, 3.8) is 0 Å². The highest BCUT2D eigenvalue weighted by atomic mass is 16.5. The van der Waals surface area contributed by atoms with E-state index in [1.807, 2.05) is 18.2 Å². The van der Waals surface area contributed by atoms with Crippen LogP contribution in [0, 0.1) is 0 Å². The second kappa shape index (κ2) is 8.29. The molecule has 6 nitrogen and oxygen atoms in total. The molecular formula is C17H26N2O4. The van der Waals surface area contributed by atoms with Crippen molar-refractivity contribution in [2.75, 3.05) is 40.3 Å². The Balaban J connectivity index is 1.77. The van der Waals surface area contributed by atoms with E-state index in [1.54, 1.807) is 19.1 Å². The van der Waals surface area contributed by atoms with Gasteiger partial charge < -0.3 is 14.9 Å². The van der Waals surface area contributed by atoms with Gasteiger partial charge in [0.1, 0.15) is 5.75 Å². The van der Waals surface area contributed by atoms with Gasteiger partial charge in [-0.3, -0.25) is 14.6 Å². The Kier molecular flexibility index (Phi) is 6.38. The third kappa shape index (κ3) is 5.20. The second-order valence-corrected chi connectivity index (χ2v) is 6.16. The van der Waals surface area contributed by atoms with Crippen LogP contribution in [-0.2, 0) is 11.2 Å². The molecule has 1 fully saturated rings. The summed E-state index contributed by atoms with van der Waals surface area (Å²) in [6, 6.07) is 7.95. The van der Waals surface area contributed by atoms with Crippen LogP contribution >= 0.6 is 0 Å². The van der Waals surface area contributed by atoms with Crippen molar-refractivity contribution in [1.29, 1.82) is 0 Å². The Morgan fingerprint density at radius 3 is 2.91 bits per heavy atom. The summed E-state index contributed by atoms with van der Waals surface area (Å²) in [5.74, 6) is 0.00521. The molecule has 1 aromatic carbocycles. The highest BCUT2D eigenvalue weighted by Crippen LogP contribution is 2.17. The third-order valence-electron chi connectivity index (χ3n) is 4.36. The lowest BCUT2D eigenvalue weighted by Gasteiger charge is -2.24. The van der Waals surface area contributed by atoms with Crippen molar-refractivity contribution in [2.24, 2.45) is 0 Å². The Bertz CT molecular complexity index is 523. The Morgan fingerprint density at radius 1 is 1.43 bits per heavy atom. The van der Waals surface area contributed by atoms with E-state index in [2.05, 4.69) is 11.0 Å². The lowest BCUT2D eigenvalue weighted by molar-refractivity contribution is -0.138. The van der Waals surface area contributed by atoms with Crippen LogP contribution in [0.4, 0.5) is 0 Å². The van der Waals surface area contributed by atoms with Crippen molar-refractivity contribution in [2.45, 2.75) is 25.0 Å². The van der Waals surface area contributed by atoms with E-state index in [4.69, 9.17) is 9.84 Å². The van der Waals surface area contributed by atoms with Gasteiger partial charge >= 0.3 is 5.97 Å². The number of benzene rings is 1. The lowest BCUT2D eigenvalue weighted by atomic mass is 10.1. The van der Waals surface area contributed by atoms with Crippen LogP contribution in [0.3, 0.4) is 0 Å². The Labute approximate surface area is 137 Å². The quantitative estimate of drug-likeness (QED) is 0.734. The highest BCUT2D eigenvalue weighted by Gasteiger charge is 2.34. The number of methoxy groups -OCH3 is 1. The molecule has 0 saturated carbocycles. The van der Waals surface area contributed by atoms with Crippen LogP contribution in [0.1, 0.15) is 12.0 Å². The van der Waals surface area contributed by atoms with Gasteiger partial charge in [0.05, 0.1) is 19.8 Å². The number of ether oxygens (including phenoxy) is 1. The van der Waals surface area contributed by atoms with E-state index < -0.39 is 12.1 Å². The molecule has 1 heterocycles. The first-order valence-corrected chi connectivity index (χ1v) is 7.95. The number of aliphatic hydroxyl groups is 1. The first kappa shape index (κ1) is 17.7. The maximum Gasteiger partial charge on any atom is 0.317 e. The number of hydrogen-bond donors (Lipinski definition) is 2. The average molecular weight is 322 g/mol. The number of carbonyl (C=O) groups is 1. The molecule has 1 aromatic rings. The third-order valence-corrected chi connectivity index (χ3v) is 4.36. The summed E-state index contributed by atoms with van der Waals surface area (Å²) < 4.78 is 5.22. The molecule has 2 N–H and O–H groups in total. The number of aliphatic carboxylic acids is 1. The highest BCUT2D eigenvalue weighted by molar-refractivity contribution is 5.69. The first-order valence-electron chi connectivity index (χ1n) is 7.95. The number of likely N-dealkylation sites (N-methyl/N-ethyl adjacent to an activating group) is 1. The number of β-amino-alcohol motifs (C(OH)–C–C–N with tert-alkyl or cyclic N) is 1. The van der Waals surface area contributed by atoms with Gasteiger partial charge in [-0.05, 0) is 44.1 Å². The fraction of sp³-hybridized carbons (Fsp3) is 0.588. The van der Waals surface area contributed by atoms with Gasteiger partial charge in [0, 0.05) is 19.1 Å². The molecule has 2 rings (SSSR count). The van der Waals surface area contributed by atoms with Crippen molar-refractivity contribution in [3.8, 4) is 5.75 Å². The summed E-state index contributed by atoms with van der Waals surface area (Å²) in [7, 11) is 3.42. The molecule has 23 heavy (non-hydrogen) atoms. The number of carboxylic acid groups (broad SMARTS) is 1. The Hall–Kier alpha value is -1.63. The molecule has 1 unspecified atom stereocenters. The number of nitrogens with zero attached hydrogens (tertiary/aromatic N) is 2. The zero-order chi connectivity index (χ0) is 16.8. The van der Waals surface area contributed by atoms with Gasteiger partial charge in [0.15, 0.2) is 0 Å². The van der Waals surface area contributed by atoms with Crippen molar-refractivity contribution in [1.82, 2.24) is 9.80 Å². The summed E-state index contributed by atoms with van der Waals surface area (Å²) in [4.78, 5) is 14.7. The van der Waals surface area contributed by atoms with Crippen LogP contribution in [0.5, 0.6) is 5.75 Å². The van der Waals surface area contributed by atoms with Crippen molar-refractivity contribution < 1.29 is 19.7 Å². The molecule has 0 spiro atoms. The van der Waals surface area contributed by atoms with Crippen molar-refractivity contribution >= 4 is 5.97 Å². The topological polar surface area (TPSA) is 73.2 Å². The molecule has 1 aliphatic rings. The molecule has 128 valence electrons. The summed E-state index contributed by atoms with van der Waals surface area (Å²) in [6.07, 6.45) is 1.46. The van der Waals surface area contributed by atoms with Crippen LogP contribution in [0.25, 0.3) is 0 Å².